The van der Waals surface area contributed by atoms with Crippen LogP contribution >= 0.6 is 18.1 Å². The Morgan fingerprint density at radius 2 is 1.94 bits per heavy atom. The maximum atomic E-state index is 6.45. The van der Waals surface area contributed by atoms with Crippen molar-refractivity contribution in [1.29, 1.82) is 0 Å². The van der Waals surface area contributed by atoms with E-state index in [-0.39, 0.29) is 0 Å². The third-order valence-electron chi connectivity index (χ3n) is 5.64. The van der Waals surface area contributed by atoms with Crippen molar-refractivity contribution >= 4 is 46.9 Å². The average molecular weight is 484 g/mol. The first-order chi connectivity index (χ1) is 15.5. The van der Waals surface area contributed by atoms with E-state index < -0.39 is 6.49 Å². The zero-order chi connectivity index (χ0) is 22.1. The number of para-hydroxylation sites is 1. The topological polar surface area (TPSA) is 48.6 Å². The molecule has 0 spiro atoms. The summed E-state index contributed by atoms with van der Waals surface area (Å²) in [6.07, 6.45) is 7.62. The molecule has 5 rings (SSSR count). The molecule has 0 amide bonds. The molecule has 1 aliphatic heterocycles. The highest BCUT2D eigenvalue weighted by Crippen LogP contribution is 2.55. The van der Waals surface area contributed by atoms with Crippen molar-refractivity contribution in [3.8, 4) is 5.69 Å². The zero-order valence-electron chi connectivity index (χ0n) is 17.6. The van der Waals surface area contributed by atoms with Crippen LogP contribution in [0.15, 0.2) is 71.7 Å². The van der Waals surface area contributed by atoms with Gasteiger partial charge in [0.05, 0.1) is 18.0 Å². The summed E-state index contributed by atoms with van der Waals surface area (Å²) in [5.74, 6) is 1.56. The maximum absolute atomic E-state index is 6.45. The minimum Gasteiger partial charge on any atom is -0.421 e. The van der Waals surface area contributed by atoms with Gasteiger partial charge in [-0.25, -0.2) is 4.68 Å². The Bertz CT molecular complexity index is 1240. The summed E-state index contributed by atoms with van der Waals surface area (Å²) in [5.41, 5.74) is 2.50. The Morgan fingerprint density at radius 3 is 2.66 bits per heavy atom. The van der Waals surface area contributed by atoms with Gasteiger partial charge in [-0.2, -0.15) is 10.1 Å². The van der Waals surface area contributed by atoms with Gasteiger partial charge in [0.25, 0.3) is 6.49 Å². The van der Waals surface area contributed by atoms with Crippen LogP contribution in [-0.4, -0.2) is 22.3 Å². The van der Waals surface area contributed by atoms with Gasteiger partial charge < -0.3 is 9.05 Å². The van der Waals surface area contributed by atoms with Gasteiger partial charge in [0.15, 0.2) is 5.82 Å². The monoisotopic (exact) mass is 483 g/mol. The van der Waals surface area contributed by atoms with Crippen molar-refractivity contribution < 1.29 is 9.05 Å². The second-order valence-corrected chi connectivity index (χ2v) is 11.7. The van der Waals surface area contributed by atoms with E-state index in [0.29, 0.717) is 29.3 Å². The van der Waals surface area contributed by atoms with Crippen LogP contribution in [0.5, 0.6) is 0 Å². The molecule has 1 aromatic heterocycles. The number of fused-ring (bicyclic) bond motifs is 1. The molecular weight excluding hydrogens is 461 g/mol. The Morgan fingerprint density at radius 1 is 1.16 bits per heavy atom. The Balaban J connectivity index is 1.59. The highest BCUT2D eigenvalue weighted by molar-refractivity contribution is 8.13. The van der Waals surface area contributed by atoms with Gasteiger partial charge in [0.2, 0.25) is 5.90 Å². The summed E-state index contributed by atoms with van der Waals surface area (Å²) in [7, 11) is 0. The number of halogens is 1. The van der Waals surface area contributed by atoms with Crippen molar-refractivity contribution in [2.24, 2.45) is 10.9 Å². The fourth-order valence-electron chi connectivity index (χ4n) is 3.96. The number of hydrogen-bond donors (Lipinski definition) is 0. The van der Waals surface area contributed by atoms with Gasteiger partial charge in [-0.15, -0.1) is 0 Å². The van der Waals surface area contributed by atoms with E-state index in [4.69, 9.17) is 42.5 Å². The molecule has 2 heterocycles. The lowest BCUT2D eigenvalue weighted by Crippen LogP contribution is -2.23. The number of allylic oxidation sites excluding steroid dienone is 2. The van der Waals surface area contributed by atoms with E-state index in [1.807, 2.05) is 66.2 Å². The van der Waals surface area contributed by atoms with Crippen molar-refractivity contribution in [2.75, 3.05) is 6.61 Å². The van der Waals surface area contributed by atoms with Crippen LogP contribution in [0.4, 0.5) is 5.82 Å². The SMILES string of the molecule is Cc1nn(-c2ccccc2)c2c1P(=S)(OCC1CC=CCC1)OC(c1ccc(Cl)cc1)=N2. The lowest BCUT2D eigenvalue weighted by molar-refractivity contribution is 0.241. The molecule has 8 heteroatoms. The molecule has 164 valence electrons. The molecule has 0 N–H and O–H groups in total. The first-order valence-corrected chi connectivity index (χ1v) is 13.6. The van der Waals surface area contributed by atoms with Gasteiger partial charge in [-0.3, -0.25) is 0 Å². The van der Waals surface area contributed by atoms with Crippen LogP contribution in [0, 0.1) is 12.8 Å². The first-order valence-electron chi connectivity index (χ1n) is 10.6. The number of aliphatic imine (C=N–C) groups is 1. The van der Waals surface area contributed by atoms with Gasteiger partial charge >= 0.3 is 0 Å². The van der Waals surface area contributed by atoms with E-state index in [0.717, 1.165) is 41.5 Å². The Hall–Kier alpha value is -2.24. The molecule has 2 aliphatic rings. The molecule has 2 unspecified atom stereocenters. The van der Waals surface area contributed by atoms with Crippen LogP contribution in [0.3, 0.4) is 0 Å². The summed E-state index contributed by atoms with van der Waals surface area (Å²) in [5, 5.41) is 6.22. The number of aryl methyl sites for hydroxylation is 1. The summed E-state index contributed by atoms with van der Waals surface area (Å²) in [4.78, 5) is 4.85. The molecule has 0 saturated heterocycles. The molecule has 3 aromatic rings. The molecule has 0 fully saturated rings. The molecular formula is C24H23ClN3O2PS. The second kappa shape index (κ2) is 8.95. The van der Waals surface area contributed by atoms with Crippen molar-refractivity contribution in [1.82, 2.24) is 9.78 Å². The van der Waals surface area contributed by atoms with Crippen molar-refractivity contribution in [2.45, 2.75) is 26.2 Å². The molecule has 5 nitrogen and oxygen atoms in total. The molecule has 32 heavy (non-hydrogen) atoms. The highest BCUT2D eigenvalue weighted by Gasteiger charge is 2.39. The number of hydrogen-bond acceptors (Lipinski definition) is 5. The number of nitrogens with zero attached hydrogens (tertiary/aromatic N) is 3. The first kappa shape index (κ1) is 21.6. The summed E-state index contributed by atoms with van der Waals surface area (Å²) in [6.45, 7) is -0.376. The van der Waals surface area contributed by atoms with E-state index >= 15 is 0 Å². The fraction of sp³-hybridized carbons (Fsp3) is 0.250. The zero-order valence-corrected chi connectivity index (χ0v) is 20.1. The predicted octanol–water partition coefficient (Wildman–Crippen LogP) is 6.25. The fourth-order valence-corrected chi connectivity index (χ4v) is 7.01. The lowest BCUT2D eigenvalue weighted by atomic mass is 9.96. The van der Waals surface area contributed by atoms with E-state index in [9.17, 15) is 0 Å². The number of aromatic nitrogens is 2. The minimum absolute atomic E-state index is 0.439. The lowest BCUT2D eigenvalue weighted by Gasteiger charge is -2.29. The van der Waals surface area contributed by atoms with Gasteiger partial charge in [0, 0.05) is 10.6 Å². The Kier molecular flexibility index (Phi) is 6.04. The molecule has 0 bridgehead atoms. The molecule has 1 aliphatic carbocycles. The largest absolute Gasteiger partial charge is 0.421 e. The second-order valence-electron chi connectivity index (χ2n) is 7.96. The van der Waals surface area contributed by atoms with Crippen LogP contribution in [0.1, 0.15) is 30.5 Å². The van der Waals surface area contributed by atoms with Crippen LogP contribution in [0.25, 0.3) is 5.69 Å². The smallest absolute Gasteiger partial charge is 0.276 e. The standard InChI is InChI=1S/C24H23ClN3O2PS/c1-17-22-23(28(27-17)21-10-6-3-7-11-21)26-24(19-12-14-20(25)15-13-19)30-31(22,32)29-16-18-8-4-2-5-9-18/h2-4,6-7,10-15,18H,5,8-9,16H2,1H3. The van der Waals surface area contributed by atoms with Gasteiger partial charge in [-0.1, -0.05) is 42.0 Å². The van der Waals surface area contributed by atoms with Crippen molar-refractivity contribution in [3.63, 3.8) is 0 Å². The summed E-state index contributed by atoms with van der Waals surface area (Å²) < 4.78 is 14.7. The van der Waals surface area contributed by atoms with Crippen molar-refractivity contribution in [3.05, 3.63) is 83.0 Å². The maximum Gasteiger partial charge on any atom is 0.276 e. The molecule has 0 radical (unpaired) electrons. The molecule has 2 atom stereocenters. The average Bonchev–Trinajstić information content (AvgIpc) is 3.17. The highest BCUT2D eigenvalue weighted by atomic mass is 35.5. The predicted molar refractivity (Wildman–Crippen MR) is 133 cm³/mol. The van der Waals surface area contributed by atoms with Crippen LogP contribution in [0.2, 0.25) is 5.02 Å². The van der Waals surface area contributed by atoms with E-state index in [1.165, 1.54) is 0 Å². The van der Waals surface area contributed by atoms with Crippen LogP contribution < -0.4 is 5.30 Å². The normalized spacial score (nSPS) is 22.2. The van der Waals surface area contributed by atoms with Gasteiger partial charge in [-0.05, 0) is 80.3 Å². The third-order valence-corrected chi connectivity index (χ3v) is 8.96. The minimum atomic E-state index is -2.88. The van der Waals surface area contributed by atoms with Crippen LogP contribution in [-0.2, 0) is 20.9 Å². The number of benzene rings is 2. The third kappa shape index (κ3) is 4.20. The van der Waals surface area contributed by atoms with E-state index in [2.05, 4.69) is 12.2 Å². The van der Waals surface area contributed by atoms with E-state index in [1.54, 1.807) is 0 Å². The Labute approximate surface area is 197 Å². The summed E-state index contributed by atoms with van der Waals surface area (Å²) in [6, 6.07) is 17.3. The summed E-state index contributed by atoms with van der Waals surface area (Å²) >= 11 is 12.2. The molecule has 0 saturated carbocycles. The molecule has 2 aromatic carbocycles. The number of rotatable bonds is 5. The quantitative estimate of drug-likeness (QED) is 0.318. The van der Waals surface area contributed by atoms with Gasteiger partial charge in [0.1, 0.15) is 5.30 Å².